The predicted molar refractivity (Wildman–Crippen MR) is 119 cm³/mol. The van der Waals surface area contributed by atoms with Crippen LogP contribution in [0.4, 0.5) is 11.4 Å². The minimum atomic E-state index is -1.03. The number of nitro groups is 1. The van der Waals surface area contributed by atoms with Gasteiger partial charge in [0.05, 0.1) is 23.6 Å². The number of phenolic OH excluding ortho intramolecular Hbond substituents is 1. The lowest BCUT2D eigenvalue weighted by Gasteiger charge is -2.25. The fourth-order valence-electron chi connectivity index (χ4n) is 3.76. The second kappa shape index (κ2) is 8.46. The number of aliphatic hydroxyl groups is 1. The van der Waals surface area contributed by atoms with E-state index < -0.39 is 28.4 Å². The molecule has 166 valence electrons. The highest BCUT2D eigenvalue weighted by atomic mass is 16.6. The molecule has 3 aromatic carbocycles. The number of methoxy groups -OCH3 is 1. The summed E-state index contributed by atoms with van der Waals surface area (Å²) in [6, 6.07) is 16.8. The van der Waals surface area contributed by atoms with Crippen molar-refractivity contribution in [1.29, 1.82) is 0 Å². The third-order valence-corrected chi connectivity index (χ3v) is 5.35. The number of Topliss-reactive ketones (excluding diaryl/α,β-unsaturated/α-hetero) is 1. The van der Waals surface area contributed by atoms with Crippen LogP contribution in [0.1, 0.15) is 17.2 Å². The van der Waals surface area contributed by atoms with E-state index in [1.165, 1.54) is 54.5 Å². The maximum absolute atomic E-state index is 13.1. The molecular weight excluding hydrogens is 428 g/mol. The van der Waals surface area contributed by atoms with Crippen molar-refractivity contribution in [2.24, 2.45) is 0 Å². The number of anilines is 1. The van der Waals surface area contributed by atoms with Crippen LogP contribution >= 0.6 is 0 Å². The number of amides is 1. The number of carbonyl (C=O) groups is 2. The van der Waals surface area contributed by atoms with Crippen molar-refractivity contribution >= 4 is 28.8 Å². The van der Waals surface area contributed by atoms with Crippen molar-refractivity contribution < 1.29 is 29.5 Å². The third-order valence-electron chi connectivity index (χ3n) is 5.35. The van der Waals surface area contributed by atoms with Gasteiger partial charge >= 0.3 is 0 Å². The zero-order chi connectivity index (χ0) is 23.7. The van der Waals surface area contributed by atoms with Crippen LogP contribution in [0.5, 0.6) is 11.5 Å². The van der Waals surface area contributed by atoms with Gasteiger partial charge in [-0.2, -0.15) is 0 Å². The second-order valence-electron chi connectivity index (χ2n) is 7.24. The lowest BCUT2D eigenvalue weighted by molar-refractivity contribution is -0.384. The fraction of sp³-hybridized carbons (Fsp3) is 0.0833. The number of carbonyl (C=O) groups excluding carboxylic acids is 2. The van der Waals surface area contributed by atoms with E-state index >= 15 is 0 Å². The molecule has 1 aliphatic heterocycles. The van der Waals surface area contributed by atoms with Crippen molar-refractivity contribution in [3.05, 3.63) is 99.6 Å². The van der Waals surface area contributed by atoms with E-state index in [0.29, 0.717) is 11.3 Å². The number of nitrogens with zero attached hydrogens (tertiary/aromatic N) is 2. The van der Waals surface area contributed by atoms with Gasteiger partial charge in [-0.15, -0.1) is 0 Å². The minimum absolute atomic E-state index is 0.126. The lowest BCUT2D eigenvalue weighted by Crippen LogP contribution is -2.29. The topological polar surface area (TPSA) is 130 Å². The summed E-state index contributed by atoms with van der Waals surface area (Å²) in [4.78, 5) is 37.8. The Morgan fingerprint density at radius 1 is 1.03 bits per heavy atom. The molecule has 1 aliphatic rings. The average molecular weight is 446 g/mol. The maximum Gasteiger partial charge on any atom is 0.300 e. The molecule has 0 bridgehead atoms. The van der Waals surface area contributed by atoms with Crippen molar-refractivity contribution in [2.45, 2.75) is 6.04 Å². The molecule has 3 aromatic rings. The molecule has 9 nitrogen and oxygen atoms in total. The summed E-state index contributed by atoms with van der Waals surface area (Å²) in [7, 11) is 1.36. The number of non-ortho nitro benzene ring substituents is 1. The van der Waals surface area contributed by atoms with Gasteiger partial charge in [0.25, 0.3) is 17.4 Å². The minimum Gasteiger partial charge on any atom is -0.507 e. The van der Waals surface area contributed by atoms with Gasteiger partial charge in [-0.05, 0) is 42.0 Å². The number of rotatable bonds is 5. The summed E-state index contributed by atoms with van der Waals surface area (Å²) in [5.41, 5.74) is 0.611. The van der Waals surface area contributed by atoms with E-state index in [1.54, 1.807) is 30.3 Å². The number of para-hydroxylation sites is 1. The first kappa shape index (κ1) is 21.6. The zero-order valence-electron chi connectivity index (χ0n) is 17.3. The van der Waals surface area contributed by atoms with Crippen LogP contribution in [0.25, 0.3) is 5.76 Å². The number of hydrogen-bond acceptors (Lipinski definition) is 7. The van der Waals surface area contributed by atoms with Crippen LogP contribution in [0.15, 0.2) is 78.4 Å². The molecule has 1 atom stereocenters. The molecule has 1 unspecified atom stereocenters. The van der Waals surface area contributed by atoms with E-state index in [4.69, 9.17) is 4.74 Å². The number of nitro benzene ring substituents is 1. The number of hydrogen-bond donors (Lipinski definition) is 2. The lowest BCUT2D eigenvalue weighted by atomic mass is 9.94. The van der Waals surface area contributed by atoms with E-state index in [0.717, 1.165) is 0 Å². The van der Waals surface area contributed by atoms with E-state index in [1.807, 2.05) is 0 Å². The van der Waals surface area contributed by atoms with Gasteiger partial charge in [0.15, 0.2) is 11.5 Å². The first-order valence-corrected chi connectivity index (χ1v) is 9.81. The highest BCUT2D eigenvalue weighted by molar-refractivity contribution is 6.51. The highest BCUT2D eigenvalue weighted by Crippen LogP contribution is 2.43. The zero-order valence-corrected chi connectivity index (χ0v) is 17.3. The SMILES string of the molecule is COc1cc(C2/C(=C(\O)c3ccc([N+](=O)[O-])cc3)C(=O)C(=O)N2c2ccccc2)ccc1O. The number of benzene rings is 3. The first-order chi connectivity index (χ1) is 15.8. The highest BCUT2D eigenvalue weighted by Gasteiger charge is 2.47. The van der Waals surface area contributed by atoms with Crippen molar-refractivity contribution in [1.82, 2.24) is 0 Å². The van der Waals surface area contributed by atoms with Gasteiger partial charge in [-0.25, -0.2) is 0 Å². The second-order valence-corrected chi connectivity index (χ2v) is 7.24. The van der Waals surface area contributed by atoms with E-state index in [2.05, 4.69) is 0 Å². The van der Waals surface area contributed by atoms with Crippen LogP contribution < -0.4 is 9.64 Å². The molecule has 0 aromatic heterocycles. The van der Waals surface area contributed by atoms with Crippen molar-refractivity contribution in [3.8, 4) is 11.5 Å². The Bertz CT molecular complexity index is 1280. The van der Waals surface area contributed by atoms with Crippen LogP contribution in [-0.4, -0.2) is 33.9 Å². The number of ketones is 1. The number of aliphatic hydroxyl groups excluding tert-OH is 1. The Hall–Kier alpha value is -4.66. The largest absolute Gasteiger partial charge is 0.507 e. The quantitative estimate of drug-likeness (QED) is 0.200. The first-order valence-electron chi connectivity index (χ1n) is 9.81. The van der Waals surface area contributed by atoms with Gasteiger partial charge in [-0.3, -0.25) is 24.6 Å². The Morgan fingerprint density at radius 3 is 2.30 bits per heavy atom. The molecular formula is C24H18N2O7. The fourth-order valence-corrected chi connectivity index (χ4v) is 3.76. The predicted octanol–water partition coefficient (Wildman–Crippen LogP) is 3.94. The van der Waals surface area contributed by atoms with Crippen LogP contribution in [0.2, 0.25) is 0 Å². The summed E-state index contributed by atoms with van der Waals surface area (Å²) in [5, 5.41) is 32.0. The Balaban J connectivity index is 1.94. The molecule has 1 heterocycles. The molecule has 33 heavy (non-hydrogen) atoms. The Morgan fingerprint density at radius 2 is 1.70 bits per heavy atom. The summed E-state index contributed by atoms with van der Waals surface area (Å²) >= 11 is 0. The summed E-state index contributed by atoms with van der Waals surface area (Å²) in [5.74, 6) is -2.23. The third kappa shape index (κ3) is 3.76. The van der Waals surface area contributed by atoms with Gasteiger partial charge < -0.3 is 14.9 Å². The monoisotopic (exact) mass is 446 g/mol. The number of aromatic hydroxyl groups is 1. The molecule has 4 rings (SSSR count). The van der Waals surface area contributed by atoms with Crippen LogP contribution in [-0.2, 0) is 9.59 Å². The average Bonchev–Trinajstić information content (AvgIpc) is 3.10. The summed E-state index contributed by atoms with van der Waals surface area (Å²) in [6.45, 7) is 0. The Kier molecular flexibility index (Phi) is 5.53. The standard InChI is InChI=1S/C24H18N2O7/c1-33-19-13-15(9-12-18(19)27)21-20(22(28)14-7-10-17(11-8-14)26(31)32)23(29)24(30)25(21)16-5-3-2-4-6-16/h2-13,21,27-28H,1H3/b22-20+. The van der Waals surface area contributed by atoms with Gasteiger partial charge in [0.1, 0.15) is 5.76 Å². The molecule has 1 saturated heterocycles. The van der Waals surface area contributed by atoms with Gasteiger partial charge in [0.2, 0.25) is 0 Å². The number of phenols is 1. The molecule has 0 aliphatic carbocycles. The maximum atomic E-state index is 13.1. The molecule has 1 fully saturated rings. The molecule has 0 radical (unpaired) electrons. The molecule has 0 spiro atoms. The molecule has 2 N–H and O–H groups in total. The smallest absolute Gasteiger partial charge is 0.300 e. The van der Waals surface area contributed by atoms with Crippen molar-refractivity contribution in [2.75, 3.05) is 12.0 Å². The van der Waals surface area contributed by atoms with Crippen LogP contribution in [0.3, 0.4) is 0 Å². The molecule has 9 heteroatoms. The van der Waals surface area contributed by atoms with Gasteiger partial charge in [0, 0.05) is 23.4 Å². The molecule has 1 amide bonds. The summed E-state index contributed by atoms with van der Waals surface area (Å²) < 4.78 is 5.18. The van der Waals surface area contributed by atoms with Gasteiger partial charge in [-0.1, -0.05) is 24.3 Å². The molecule has 0 saturated carbocycles. The normalized spacial score (nSPS) is 17.2. The van der Waals surface area contributed by atoms with Crippen LogP contribution in [0, 0.1) is 10.1 Å². The summed E-state index contributed by atoms with van der Waals surface area (Å²) in [6.07, 6.45) is 0. The van der Waals surface area contributed by atoms with Crippen molar-refractivity contribution in [3.63, 3.8) is 0 Å². The Labute approximate surface area is 187 Å². The number of ether oxygens (including phenoxy) is 1. The van der Waals surface area contributed by atoms with E-state index in [-0.39, 0.29) is 28.3 Å². The van der Waals surface area contributed by atoms with E-state index in [9.17, 15) is 29.9 Å².